The normalized spacial score (nSPS) is 14.4. The lowest BCUT2D eigenvalue weighted by atomic mass is 10.2. The van der Waals surface area contributed by atoms with Crippen LogP contribution in [0.15, 0.2) is 88.8 Å². The molecule has 1 aromatic heterocycles. The largest absolute Gasteiger partial charge is 0.339 e. The fourth-order valence-electron chi connectivity index (χ4n) is 4.24. The summed E-state index contributed by atoms with van der Waals surface area (Å²) in [6.45, 7) is 3.85. The maximum Gasteiger partial charge on any atom is 0.266 e. The number of fused-ring (bicyclic) bond motifs is 1. The molecule has 0 radical (unpaired) electrons. The fraction of sp³-hybridized carbons (Fsp3) is 0.222. The van der Waals surface area contributed by atoms with Crippen LogP contribution in [0.1, 0.15) is 5.56 Å². The van der Waals surface area contributed by atoms with Crippen LogP contribution in [0.25, 0.3) is 16.6 Å². The fourth-order valence-corrected chi connectivity index (χ4v) is 5.16. The molecule has 0 bridgehead atoms. The molecule has 0 N–H and O–H groups in total. The summed E-state index contributed by atoms with van der Waals surface area (Å²) in [5.74, 6) is -0.196. The molecule has 4 aromatic rings. The molecule has 1 aliphatic heterocycles. The molecule has 6 nitrogen and oxygen atoms in total. The maximum atomic E-state index is 13.5. The number of thioether (sulfide) groups is 1. The van der Waals surface area contributed by atoms with E-state index in [1.54, 1.807) is 30.3 Å². The van der Waals surface area contributed by atoms with Crippen LogP contribution in [0.5, 0.6) is 0 Å². The number of aromatic nitrogens is 2. The van der Waals surface area contributed by atoms with Crippen molar-refractivity contribution in [3.63, 3.8) is 0 Å². The molecular formula is C27H25FN4O2S. The Kier molecular flexibility index (Phi) is 6.92. The number of piperazine rings is 1. The van der Waals surface area contributed by atoms with Gasteiger partial charge in [-0.25, -0.2) is 9.37 Å². The average Bonchev–Trinajstić information content (AvgIpc) is 2.89. The highest BCUT2D eigenvalue weighted by Gasteiger charge is 2.22. The first-order valence-electron chi connectivity index (χ1n) is 11.5. The minimum atomic E-state index is -0.383. The van der Waals surface area contributed by atoms with Crippen LogP contribution < -0.4 is 5.56 Å². The molecule has 178 valence electrons. The number of carbonyl (C=O) groups is 1. The van der Waals surface area contributed by atoms with E-state index in [0.29, 0.717) is 34.8 Å². The van der Waals surface area contributed by atoms with Gasteiger partial charge in [0, 0.05) is 32.7 Å². The lowest BCUT2D eigenvalue weighted by Gasteiger charge is -2.34. The Labute approximate surface area is 207 Å². The minimum absolute atomic E-state index is 0.0161. The maximum absolute atomic E-state index is 13.5. The van der Waals surface area contributed by atoms with Crippen LogP contribution >= 0.6 is 11.8 Å². The standard InChI is InChI=1S/C27H25FN4O2S/c28-21-10-12-22(13-11-21)32-26(34)23-8-4-5-9-24(23)29-27(32)35-19-25(33)31-16-14-30(15-17-31)18-20-6-2-1-3-7-20/h1-13H,14-19H2. The highest BCUT2D eigenvalue weighted by atomic mass is 32.2. The Hall–Kier alpha value is -3.49. The third kappa shape index (κ3) is 5.28. The zero-order valence-corrected chi connectivity index (χ0v) is 20.0. The summed E-state index contributed by atoms with van der Waals surface area (Å²) in [6.07, 6.45) is 0. The van der Waals surface area contributed by atoms with Crippen LogP contribution in [-0.4, -0.2) is 57.2 Å². The van der Waals surface area contributed by atoms with Crippen molar-refractivity contribution < 1.29 is 9.18 Å². The number of rotatable bonds is 6. The summed E-state index contributed by atoms with van der Waals surface area (Å²) in [7, 11) is 0. The molecule has 1 fully saturated rings. The first kappa shape index (κ1) is 23.3. The van der Waals surface area contributed by atoms with E-state index in [1.807, 2.05) is 29.2 Å². The van der Waals surface area contributed by atoms with E-state index in [9.17, 15) is 14.0 Å². The number of carbonyl (C=O) groups excluding carboxylic acids is 1. The van der Waals surface area contributed by atoms with E-state index in [-0.39, 0.29) is 23.0 Å². The van der Waals surface area contributed by atoms with Crippen LogP contribution in [0.4, 0.5) is 4.39 Å². The van der Waals surface area contributed by atoms with Gasteiger partial charge in [0.15, 0.2) is 5.16 Å². The second-order valence-corrected chi connectivity index (χ2v) is 9.40. The third-order valence-electron chi connectivity index (χ3n) is 6.13. The second-order valence-electron chi connectivity index (χ2n) is 8.46. The number of hydrogen-bond acceptors (Lipinski definition) is 5. The number of nitrogens with zero attached hydrogens (tertiary/aromatic N) is 4. The van der Waals surface area contributed by atoms with E-state index in [0.717, 1.165) is 19.6 Å². The van der Waals surface area contributed by atoms with Gasteiger partial charge in [-0.05, 0) is 42.0 Å². The smallest absolute Gasteiger partial charge is 0.266 e. The molecular weight excluding hydrogens is 463 g/mol. The second kappa shape index (κ2) is 10.4. The number of benzene rings is 3. The molecule has 1 aliphatic rings. The molecule has 35 heavy (non-hydrogen) atoms. The van der Waals surface area contributed by atoms with Gasteiger partial charge in [0.25, 0.3) is 5.56 Å². The van der Waals surface area contributed by atoms with E-state index in [2.05, 4.69) is 22.0 Å². The Bertz CT molecular complexity index is 1380. The van der Waals surface area contributed by atoms with E-state index < -0.39 is 0 Å². The molecule has 0 spiro atoms. The summed E-state index contributed by atoms with van der Waals surface area (Å²) in [6, 6.07) is 23.2. The van der Waals surface area contributed by atoms with E-state index in [1.165, 1.54) is 34.0 Å². The molecule has 1 saturated heterocycles. The predicted octanol–water partition coefficient (Wildman–Crippen LogP) is 3.96. The van der Waals surface area contributed by atoms with Crippen molar-refractivity contribution >= 4 is 28.6 Å². The minimum Gasteiger partial charge on any atom is -0.339 e. The molecule has 0 saturated carbocycles. The molecule has 3 aromatic carbocycles. The van der Waals surface area contributed by atoms with Crippen LogP contribution in [0.2, 0.25) is 0 Å². The molecule has 0 aliphatic carbocycles. The highest BCUT2D eigenvalue weighted by Crippen LogP contribution is 2.22. The Morgan fingerprint density at radius 3 is 2.31 bits per heavy atom. The van der Waals surface area contributed by atoms with Gasteiger partial charge in [0.05, 0.1) is 22.3 Å². The topological polar surface area (TPSA) is 58.4 Å². The van der Waals surface area contributed by atoms with Crippen LogP contribution in [-0.2, 0) is 11.3 Å². The van der Waals surface area contributed by atoms with Gasteiger partial charge in [0.2, 0.25) is 5.91 Å². The zero-order valence-electron chi connectivity index (χ0n) is 19.1. The highest BCUT2D eigenvalue weighted by molar-refractivity contribution is 7.99. The lowest BCUT2D eigenvalue weighted by molar-refractivity contribution is -0.130. The molecule has 2 heterocycles. The molecule has 1 amide bonds. The SMILES string of the molecule is O=C(CSc1nc2ccccc2c(=O)n1-c1ccc(F)cc1)N1CCN(Cc2ccccc2)CC1. The summed E-state index contributed by atoms with van der Waals surface area (Å²) in [5, 5.41) is 0.887. The third-order valence-corrected chi connectivity index (χ3v) is 7.05. The zero-order chi connectivity index (χ0) is 24.2. The number of amides is 1. The van der Waals surface area contributed by atoms with Crippen molar-refractivity contribution in [3.05, 3.63) is 101 Å². The molecule has 8 heteroatoms. The van der Waals surface area contributed by atoms with Crippen molar-refractivity contribution in [3.8, 4) is 5.69 Å². The Morgan fingerprint density at radius 1 is 0.886 bits per heavy atom. The predicted molar refractivity (Wildman–Crippen MR) is 136 cm³/mol. The lowest BCUT2D eigenvalue weighted by Crippen LogP contribution is -2.48. The molecule has 5 rings (SSSR count). The van der Waals surface area contributed by atoms with Gasteiger partial charge in [-0.2, -0.15) is 0 Å². The first-order chi connectivity index (χ1) is 17.1. The number of para-hydroxylation sites is 1. The summed E-state index contributed by atoms with van der Waals surface area (Å²) in [4.78, 5) is 35.2. The molecule has 0 atom stereocenters. The quantitative estimate of drug-likeness (QED) is 0.304. The van der Waals surface area contributed by atoms with E-state index in [4.69, 9.17) is 0 Å². The summed E-state index contributed by atoms with van der Waals surface area (Å²) >= 11 is 1.23. The van der Waals surface area contributed by atoms with Crippen molar-refractivity contribution in [2.75, 3.05) is 31.9 Å². The van der Waals surface area contributed by atoms with Gasteiger partial charge in [-0.1, -0.05) is 54.2 Å². The van der Waals surface area contributed by atoms with Gasteiger partial charge < -0.3 is 4.90 Å². The molecule has 0 unspecified atom stereocenters. The van der Waals surface area contributed by atoms with Crippen molar-refractivity contribution in [2.45, 2.75) is 11.7 Å². The Morgan fingerprint density at radius 2 is 1.57 bits per heavy atom. The summed E-state index contributed by atoms with van der Waals surface area (Å²) in [5.41, 5.74) is 2.11. The Balaban J connectivity index is 1.30. The van der Waals surface area contributed by atoms with Gasteiger partial charge in [-0.3, -0.25) is 19.1 Å². The van der Waals surface area contributed by atoms with Crippen molar-refractivity contribution in [1.29, 1.82) is 0 Å². The monoisotopic (exact) mass is 488 g/mol. The summed E-state index contributed by atoms with van der Waals surface area (Å²) < 4.78 is 15.0. The van der Waals surface area contributed by atoms with Gasteiger partial charge in [0.1, 0.15) is 5.82 Å². The van der Waals surface area contributed by atoms with Gasteiger partial charge >= 0.3 is 0 Å². The van der Waals surface area contributed by atoms with Crippen molar-refractivity contribution in [1.82, 2.24) is 19.4 Å². The average molecular weight is 489 g/mol. The van der Waals surface area contributed by atoms with Crippen LogP contribution in [0.3, 0.4) is 0 Å². The van der Waals surface area contributed by atoms with Crippen LogP contribution in [0, 0.1) is 5.82 Å². The number of halogens is 1. The first-order valence-corrected chi connectivity index (χ1v) is 12.5. The van der Waals surface area contributed by atoms with Crippen molar-refractivity contribution in [2.24, 2.45) is 0 Å². The van der Waals surface area contributed by atoms with Gasteiger partial charge in [-0.15, -0.1) is 0 Å². The van der Waals surface area contributed by atoms with E-state index >= 15 is 0 Å². The number of hydrogen-bond donors (Lipinski definition) is 0.